The zero-order valence-corrected chi connectivity index (χ0v) is 16.6. The molecule has 1 amide bonds. The first-order valence-corrected chi connectivity index (χ1v) is 10.3. The summed E-state index contributed by atoms with van der Waals surface area (Å²) in [5.41, 5.74) is 2.28. The molecule has 0 aromatic heterocycles. The van der Waals surface area contributed by atoms with E-state index in [4.69, 9.17) is 9.47 Å². The average molecular weight is 389 g/mol. The van der Waals surface area contributed by atoms with Gasteiger partial charge < -0.3 is 14.8 Å². The molecule has 0 spiro atoms. The average Bonchev–Trinajstić information content (AvgIpc) is 3.29. The first kappa shape index (κ1) is 19.6. The van der Waals surface area contributed by atoms with Gasteiger partial charge in [0.15, 0.2) is 6.29 Å². The Hall–Kier alpha value is -2.69. The second kappa shape index (κ2) is 9.68. The van der Waals surface area contributed by atoms with Crippen LogP contribution >= 0.6 is 0 Å². The molecule has 3 aromatic rings. The van der Waals surface area contributed by atoms with E-state index < -0.39 is 0 Å². The Morgan fingerprint density at radius 3 is 2.41 bits per heavy atom. The van der Waals surface area contributed by atoms with E-state index in [0.717, 1.165) is 18.4 Å². The molecule has 3 aromatic carbocycles. The van der Waals surface area contributed by atoms with E-state index in [2.05, 4.69) is 35.6 Å². The molecule has 1 aliphatic heterocycles. The summed E-state index contributed by atoms with van der Waals surface area (Å²) in [5, 5.41) is 5.53. The van der Waals surface area contributed by atoms with E-state index in [1.165, 1.54) is 16.3 Å². The fourth-order valence-electron chi connectivity index (χ4n) is 3.82. The number of carbonyl (C=O) groups is 1. The van der Waals surface area contributed by atoms with Gasteiger partial charge in [0.1, 0.15) is 0 Å². The lowest BCUT2D eigenvalue weighted by Crippen LogP contribution is -2.32. The van der Waals surface area contributed by atoms with Gasteiger partial charge in [-0.25, -0.2) is 0 Å². The summed E-state index contributed by atoms with van der Waals surface area (Å²) in [5.74, 6) is -0.0346. The molecule has 1 heterocycles. The van der Waals surface area contributed by atoms with Gasteiger partial charge in [-0.3, -0.25) is 4.79 Å². The van der Waals surface area contributed by atoms with E-state index in [0.29, 0.717) is 26.2 Å². The highest BCUT2D eigenvalue weighted by atomic mass is 16.7. The van der Waals surface area contributed by atoms with Crippen LogP contribution in [0.4, 0.5) is 0 Å². The van der Waals surface area contributed by atoms with Crippen molar-refractivity contribution >= 4 is 16.7 Å². The fraction of sp³-hybridized carbons (Fsp3) is 0.320. The summed E-state index contributed by atoms with van der Waals surface area (Å²) in [4.78, 5) is 13.0. The number of hydrogen-bond acceptors (Lipinski definition) is 3. The van der Waals surface area contributed by atoms with Gasteiger partial charge >= 0.3 is 0 Å². The number of amides is 1. The smallest absolute Gasteiger partial charge is 0.223 e. The molecule has 4 heteroatoms. The number of fused-ring (bicyclic) bond motifs is 1. The molecule has 0 radical (unpaired) electrons. The second-order valence-corrected chi connectivity index (χ2v) is 7.53. The van der Waals surface area contributed by atoms with Crippen LogP contribution in [0.5, 0.6) is 0 Å². The lowest BCUT2D eigenvalue weighted by molar-refractivity contribution is -0.126. The van der Waals surface area contributed by atoms with Crippen molar-refractivity contribution in [3.8, 4) is 0 Å². The topological polar surface area (TPSA) is 47.6 Å². The summed E-state index contributed by atoms with van der Waals surface area (Å²) in [6, 6.07) is 24.8. The zero-order valence-electron chi connectivity index (χ0n) is 16.6. The highest BCUT2D eigenvalue weighted by Gasteiger charge is 2.23. The summed E-state index contributed by atoms with van der Waals surface area (Å²) < 4.78 is 11.1. The number of rotatable bonds is 8. The van der Waals surface area contributed by atoms with E-state index in [1.54, 1.807) is 0 Å². The molecule has 1 N–H and O–H groups in total. The van der Waals surface area contributed by atoms with E-state index in [1.807, 2.05) is 42.5 Å². The quantitative estimate of drug-likeness (QED) is 0.618. The molecule has 1 saturated heterocycles. The molecule has 1 atom stereocenters. The van der Waals surface area contributed by atoms with Gasteiger partial charge in [-0.1, -0.05) is 72.8 Å². The van der Waals surface area contributed by atoms with Gasteiger partial charge in [-0.15, -0.1) is 0 Å². The Labute approximate surface area is 171 Å². The van der Waals surface area contributed by atoms with Gasteiger partial charge in [-0.05, 0) is 41.2 Å². The molecular weight excluding hydrogens is 362 g/mol. The Morgan fingerprint density at radius 1 is 0.897 bits per heavy atom. The highest BCUT2D eigenvalue weighted by molar-refractivity contribution is 5.83. The van der Waals surface area contributed by atoms with Crippen molar-refractivity contribution in [1.82, 2.24) is 5.32 Å². The van der Waals surface area contributed by atoms with Gasteiger partial charge in [0.05, 0.1) is 13.2 Å². The van der Waals surface area contributed by atoms with Crippen LogP contribution in [0.3, 0.4) is 0 Å². The highest BCUT2D eigenvalue weighted by Crippen LogP contribution is 2.22. The number of benzene rings is 3. The summed E-state index contributed by atoms with van der Waals surface area (Å²) in [7, 11) is 0. The molecule has 0 saturated carbocycles. The van der Waals surface area contributed by atoms with Crippen molar-refractivity contribution in [2.24, 2.45) is 5.92 Å². The number of carbonyl (C=O) groups excluding carboxylic acids is 1. The van der Waals surface area contributed by atoms with Crippen LogP contribution in [0.2, 0.25) is 0 Å². The second-order valence-electron chi connectivity index (χ2n) is 7.53. The van der Waals surface area contributed by atoms with Crippen molar-refractivity contribution in [1.29, 1.82) is 0 Å². The van der Waals surface area contributed by atoms with E-state index >= 15 is 0 Å². The van der Waals surface area contributed by atoms with Crippen LogP contribution in [0.15, 0.2) is 72.8 Å². The van der Waals surface area contributed by atoms with Crippen molar-refractivity contribution < 1.29 is 14.3 Å². The largest absolute Gasteiger partial charge is 0.352 e. The summed E-state index contributed by atoms with van der Waals surface area (Å²) in [6.07, 6.45) is 1.99. The van der Waals surface area contributed by atoms with E-state index in [-0.39, 0.29) is 18.1 Å². The third-order valence-corrected chi connectivity index (χ3v) is 5.42. The van der Waals surface area contributed by atoms with Gasteiger partial charge in [0.25, 0.3) is 0 Å². The van der Waals surface area contributed by atoms with Crippen LogP contribution in [0.25, 0.3) is 10.8 Å². The minimum atomic E-state index is -0.184. The van der Waals surface area contributed by atoms with Crippen LogP contribution < -0.4 is 5.32 Å². The molecule has 1 unspecified atom stereocenters. The van der Waals surface area contributed by atoms with Crippen LogP contribution in [0.1, 0.15) is 24.0 Å². The maximum absolute atomic E-state index is 13.0. The molecule has 0 aliphatic carbocycles. The Bertz CT molecular complexity index is 935. The maximum atomic E-state index is 13.0. The standard InChI is InChI=1S/C25H27NO3/c27-25(26-18-19-6-2-1-3-7-19)23(12-13-24-28-14-15-29-24)17-20-10-11-21-8-4-5-9-22(21)16-20/h1-11,16,23-24H,12-15,17-18H2,(H,26,27). The van der Waals surface area contributed by atoms with E-state index in [9.17, 15) is 4.79 Å². The minimum absolute atomic E-state index is 0.0833. The summed E-state index contributed by atoms with van der Waals surface area (Å²) >= 11 is 0. The zero-order chi connectivity index (χ0) is 19.9. The number of hydrogen-bond donors (Lipinski definition) is 1. The molecule has 1 aliphatic rings. The Balaban J connectivity index is 1.44. The SMILES string of the molecule is O=C(NCc1ccccc1)C(CCC1OCCO1)Cc1ccc2ccccc2c1. The number of ether oxygens (including phenoxy) is 2. The van der Waals surface area contributed by atoms with Crippen LogP contribution in [-0.4, -0.2) is 25.4 Å². The molecule has 4 rings (SSSR count). The fourth-order valence-corrected chi connectivity index (χ4v) is 3.82. The van der Waals surface area contributed by atoms with Crippen LogP contribution in [0, 0.1) is 5.92 Å². The number of nitrogens with one attached hydrogen (secondary N) is 1. The van der Waals surface area contributed by atoms with Crippen molar-refractivity contribution in [3.05, 3.63) is 83.9 Å². The third-order valence-electron chi connectivity index (χ3n) is 5.42. The third kappa shape index (κ3) is 5.43. The lowest BCUT2D eigenvalue weighted by Gasteiger charge is -2.19. The van der Waals surface area contributed by atoms with Gasteiger partial charge in [-0.2, -0.15) is 0 Å². The van der Waals surface area contributed by atoms with Crippen LogP contribution in [-0.2, 0) is 27.2 Å². The molecule has 4 nitrogen and oxygen atoms in total. The first-order valence-electron chi connectivity index (χ1n) is 10.3. The van der Waals surface area contributed by atoms with Gasteiger partial charge in [0, 0.05) is 12.5 Å². The molecular formula is C25H27NO3. The normalized spacial score (nSPS) is 15.4. The van der Waals surface area contributed by atoms with Gasteiger partial charge in [0.2, 0.25) is 5.91 Å². The van der Waals surface area contributed by atoms with Crippen molar-refractivity contribution in [2.75, 3.05) is 13.2 Å². The monoisotopic (exact) mass is 389 g/mol. The minimum Gasteiger partial charge on any atom is -0.352 e. The Kier molecular flexibility index (Phi) is 6.55. The first-order chi connectivity index (χ1) is 14.3. The maximum Gasteiger partial charge on any atom is 0.223 e. The molecule has 150 valence electrons. The molecule has 1 fully saturated rings. The molecule has 0 bridgehead atoms. The Morgan fingerprint density at radius 2 is 1.62 bits per heavy atom. The van der Waals surface area contributed by atoms with Crippen molar-refractivity contribution in [3.63, 3.8) is 0 Å². The molecule has 29 heavy (non-hydrogen) atoms. The lowest BCUT2D eigenvalue weighted by atomic mass is 9.92. The van der Waals surface area contributed by atoms with Crippen molar-refractivity contribution in [2.45, 2.75) is 32.1 Å². The predicted octanol–water partition coefficient (Wildman–Crippen LogP) is 4.47. The summed E-state index contributed by atoms with van der Waals surface area (Å²) in [6.45, 7) is 1.82. The predicted molar refractivity (Wildman–Crippen MR) is 114 cm³/mol.